The summed E-state index contributed by atoms with van der Waals surface area (Å²) < 4.78 is 0. The van der Waals surface area contributed by atoms with Gasteiger partial charge >= 0.3 is 0 Å². The molecule has 0 spiro atoms. The highest BCUT2D eigenvalue weighted by atomic mass is 32.1. The van der Waals surface area contributed by atoms with Gasteiger partial charge in [-0.25, -0.2) is 0 Å². The van der Waals surface area contributed by atoms with Crippen LogP contribution in [0.15, 0.2) is 17.5 Å². The Morgan fingerprint density at radius 1 is 1.45 bits per heavy atom. The molecule has 1 aliphatic heterocycles. The molecule has 5 heteroatoms. The van der Waals surface area contributed by atoms with E-state index in [1.807, 2.05) is 30.2 Å². The van der Waals surface area contributed by atoms with Crippen LogP contribution in [0.3, 0.4) is 0 Å². The SMILES string of the molecule is CCC(c1cccs1)N1CCC(=O)NC(C(C)C)C1=O. The number of carbonyl (C=O) groups excluding carboxylic acids is 2. The molecule has 2 heterocycles. The lowest BCUT2D eigenvalue weighted by molar-refractivity contribution is -0.136. The maximum atomic E-state index is 12.7. The highest BCUT2D eigenvalue weighted by Gasteiger charge is 2.35. The first-order valence-corrected chi connectivity index (χ1v) is 8.05. The second-order valence-corrected chi connectivity index (χ2v) is 6.49. The van der Waals surface area contributed by atoms with Crippen LogP contribution >= 0.6 is 11.3 Å². The molecule has 2 atom stereocenters. The minimum absolute atomic E-state index is 0.0272. The fraction of sp³-hybridized carbons (Fsp3) is 0.600. The molecule has 2 unspecified atom stereocenters. The first kappa shape index (κ1) is 15.0. The lowest BCUT2D eigenvalue weighted by atomic mass is 10.0. The van der Waals surface area contributed by atoms with E-state index < -0.39 is 6.04 Å². The van der Waals surface area contributed by atoms with Crippen molar-refractivity contribution in [2.24, 2.45) is 5.92 Å². The van der Waals surface area contributed by atoms with E-state index in [9.17, 15) is 9.59 Å². The average Bonchev–Trinajstić information content (AvgIpc) is 2.88. The van der Waals surface area contributed by atoms with E-state index in [-0.39, 0.29) is 23.8 Å². The van der Waals surface area contributed by atoms with Gasteiger partial charge in [-0.05, 0) is 23.8 Å². The minimum Gasteiger partial charge on any atom is -0.344 e. The molecule has 1 aromatic heterocycles. The lowest BCUT2D eigenvalue weighted by Gasteiger charge is -2.32. The van der Waals surface area contributed by atoms with E-state index in [2.05, 4.69) is 18.3 Å². The van der Waals surface area contributed by atoms with Crippen LogP contribution < -0.4 is 5.32 Å². The van der Waals surface area contributed by atoms with Crippen LogP contribution in [0.25, 0.3) is 0 Å². The monoisotopic (exact) mass is 294 g/mol. The van der Waals surface area contributed by atoms with Gasteiger partial charge in [-0.15, -0.1) is 11.3 Å². The van der Waals surface area contributed by atoms with Crippen LogP contribution in [0.4, 0.5) is 0 Å². The molecular formula is C15H22N2O2S. The number of hydrogen-bond donors (Lipinski definition) is 1. The van der Waals surface area contributed by atoms with Crippen molar-refractivity contribution in [2.75, 3.05) is 6.54 Å². The highest BCUT2D eigenvalue weighted by molar-refractivity contribution is 7.10. The van der Waals surface area contributed by atoms with Crippen molar-refractivity contribution in [3.8, 4) is 0 Å². The summed E-state index contributed by atoms with van der Waals surface area (Å²) in [6.45, 7) is 6.53. The largest absolute Gasteiger partial charge is 0.344 e. The van der Waals surface area contributed by atoms with Gasteiger partial charge < -0.3 is 10.2 Å². The topological polar surface area (TPSA) is 49.4 Å². The number of nitrogens with one attached hydrogen (secondary N) is 1. The standard InChI is InChI=1S/C15H22N2O2S/c1-4-11(12-6-5-9-20-12)17-8-7-13(18)16-14(10(2)3)15(17)19/h5-6,9-11,14H,4,7-8H2,1-3H3,(H,16,18). The van der Waals surface area contributed by atoms with Gasteiger partial charge in [0.05, 0.1) is 6.04 Å². The zero-order valence-electron chi connectivity index (χ0n) is 12.3. The predicted octanol–water partition coefficient (Wildman–Crippen LogP) is 2.57. The summed E-state index contributed by atoms with van der Waals surface area (Å²) in [4.78, 5) is 27.6. The molecule has 1 saturated heterocycles. The van der Waals surface area contributed by atoms with Crippen LogP contribution in [0, 0.1) is 5.92 Å². The van der Waals surface area contributed by atoms with Gasteiger partial charge in [0.1, 0.15) is 6.04 Å². The van der Waals surface area contributed by atoms with Gasteiger partial charge in [0, 0.05) is 17.8 Å². The Labute approximate surface area is 124 Å². The normalized spacial score (nSPS) is 21.8. The fourth-order valence-electron chi connectivity index (χ4n) is 2.64. The fourth-order valence-corrected chi connectivity index (χ4v) is 3.56. The lowest BCUT2D eigenvalue weighted by Crippen LogP contribution is -2.48. The van der Waals surface area contributed by atoms with Crippen molar-refractivity contribution in [3.63, 3.8) is 0 Å². The molecule has 110 valence electrons. The number of nitrogens with zero attached hydrogens (tertiary/aromatic N) is 1. The molecule has 0 aliphatic carbocycles. The summed E-state index contributed by atoms with van der Waals surface area (Å²) in [6, 6.07) is 3.75. The zero-order valence-corrected chi connectivity index (χ0v) is 13.1. The first-order valence-electron chi connectivity index (χ1n) is 7.17. The van der Waals surface area contributed by atoms with Crippen molar-refractivity contribution < 1.29 is 9.59 Å². The van der Waals surface area contributed by atoms with Gasteiger partial charge in [0.2, 0.25) is 11.8 Å². The van der Waals surface area contributed by atoms with Crippen LogP contribution in [0.2, 0.25) is 0 Å². The molecule has 2 rings (SSSR count). The van der Waals surface area contributed by atoms with Crippen molar-refractivity contribution in [3.05, 3.63) is 22.4 Å². The number of carbonyl (C=O) groups is 2. The summed E-state index contributed by atoms with van der Waals surface area (Å²) in [7, 11) is 0. The molecule has 0 radical (unpaired) electrons. The van der Waals surface area contributed by atoms with E-state index >= 15 is 0 Å². The van der Waals surface area contributed by atoms with E-state index in [1.54, 1.807) is 11.3 Å². The molecule has 1 aromatic rings. The summed E-state index contributed by atoms with van der Waals surface area (Å²) in [5.74, 6) is 0.125. The van der Waals surface area contributed by atoms with Crippen LogP contribution in [0.5, 0.6) is 0 Å². The smallest absolute Gasteiger partial charge is 0.245 e. The van der Waals surface area contributed by atoms with E-state index in [4.69, 9.17) is 0 Å². The van der Waals surface area contributed by atoms with Crippen molar-refractivity contribution in [1.82, 2.24) is 10.2 Å². The molecule has 1 aliphatic rings. The Hall–Kier alpha value is -1.36. The van der Waals surface area contributed by atoms with Gasteiger partial charge in [-0.3, -0.25) is 9.59 Å². The highest BCUT2D eigenvalue weighted by Crippen LogP contribution is 2.30. The summed E-state index contributed by atoms with van der Waals surface area (Å²) in [5, 5.41) is 4.89. The molecule has 4 nitrogen and oxygen atoms in total. The van der Waals surface area contributed by atoms with E-state index in [1.165, 1.54) is 4.88 Å². The van der Waals surface area contributed by atoms with E-state index in [0.29, 0.717) is 13.0 Å². The third kappa shape index (κ3) is 3.03. The molecule has 2 amide bonds. The van der Waals surface area contributed by atoms with Gasteiger partial charge in [-0.2, -0.15) is 0 Å². The molecule has 0 aromatic carbocycles. The predicted molar refractivity (Wildman–Crippen MR) is 80.4 cm³/mol. The zero-order chi connectivity index (χ0) is 14.7. The van der Waals surface area contributed by atoms with Crippen LogP contribution in [-0.4, -0.2) is 29.3 Å². The minimum atomic E-state index is -0.404. The molecule has 0 bridgehead atoms. The number of rotatable bonds is 4. The average molecular weight is 294 g/mol. The first-order chi connectivity index (χ1) is 9.54. The maximum Gasteiger partial charge on any atom is 0.245 e. The Bertz CT molecular complexity index is 470. The number of thiophene rings is 1. The maximum absolute atomic E-state index is 12.7. The molecular weight excluding hydrogens is 272 g/mol. The van der Waals surface area contributed by atoms with Crippen LogP contribution in [0.1, 0.15) is 44.5 Å². The third-order valence-electron chi connectivity index (χ3n) is 3.75. The van der Waals surface area contributed by atoms with E-state index in [0.717, 1.165) is 6.42 Å². The second-order valence-electron chi connectivity index (χ2n) is 5.51. The number of amides is 2. The Kier molecular flexibility index (Phi) is 4.81. The molecule has 1 fully saturated rings. The Morgan fingerprint density at radius 3 is 2.75 bits per heavy atom. The summed E-state index contributed by atoms with van der Waals surface area (Å²) in [6.07, 6.45) is 1.25. The Balaban J connectivity index is 2.28. The van der Waals surface area contributed by atoms with Crippen LogP contribution in [-0.2, 0) is 9.59 Å². The van der Waals surface area contributed by atoms with Crippen molar-refractivity contribution in [2.45, 2.75) is 45.7 Å². The third-order valence-corrected chi connectivity index (χ3v) is 4.72. The quantitative estimate of drug-likeness (QED) is 0.928. The van der Waals surface area contributed by atoms with Gasteiger partial charge in [0.25, 0.3) is 0 Å². The molecule has 20 heavy (non-hydrogen) atoms. The second kappa shape index (κ2) is 6.39. The van der Waals surface area contributed by atoms with Crippen molar-refractivity contribution in [1.29, 1.82) is 0 Å². The summed E-state index contributed by atoms with van der Waals surface area (Å²) in [5.41, 5.74) is 0. The number of hydrogen-bond acceptors (Lipinski definition) is 3. The molecule has 0 saturated carbocycles. The van der Waals surface area contributed by atoms with Gasteiger partial charge in [-0.1, -0.05) is 26.8 Å². The van der Waals surface area contributed by atoms with Crippen molar-refractivity contribution >= 4 is 23.2 Å². The Morgan fingerprint density at radius 2 is 2.20 bits per heavy atom. The van der Waals surface area contributed by atoms with Gasteiger partial charge in [0.15, 0.2) is 0 Å². The molecule has 1 N–H and O–H groups in total. The summed E-state index contributed by atoms with van der Waals surface area (Å²) >= 11 is 1.67.